The average Bonchev–Trinajstić information content (AvgIpc) is 3.70. The maximum Gasteiger partial charge on any atom is 0.143 e. The van der Waals surface area contributed by atoms with Crippen molar-refractivity contribution in [1.82, 2.24) is 4.98 Å². The van der Waals surface area contributed by atoms with E-state index in [0.717, 1.165) is 88.0 Å². The largest absolute Gasteiger partial charge is 0.456 e. The predicted molar refractivity (Wildman–Crippen MR) is 194 cm³/mol. The van der Waals surface area contributed by atoms with E-state index >= 15 is 0 Å². The fourth-order valence-corrected chi connectivity index (χ4v) is 7.10. The lowest BCUT2D eigenvalue weighted by atomic mass is 9.98. The van der Waals surface area contributed by atoms with Crippen LogP contribution in [0.25, 0.3) is 76.5 Å². The van der Waals surface area contributed by atoms with Gasteiger partial charge in [0.25, 0.3) is 0 Å². The van der Waals surface area contributed by atoms with Crippen molar-refractivity contribution in [2.45, 2.75) is 0 Å². The molecule has 0 unspecified atom stereocenters. The molecule has 10 aromatic rings. The third-order valence-electron chi connectivity index (χ3n) is 9.31. The maximum absolute atomic E-state index is 6.52. The number of hydrogen-bond acceptors (Lipinski definition) is 4. The molecule has 4 heteroatoms. The standard InChI is InChI=1S/C43H26N2O2/c1-2-7-27(8-3-1)30-9-6-10-31(23-30)45(33-18-20-35-34-11-4-5-12-39(34)46-41(35)25-33)32-17-15-28-13-14-29-16-19-36-38-26-44-22-21-40(38)47-43(36)42(29)37(28)24-32/h1-26H. The zero-order valence-electron chi connectivity index (χ0n) is 25.2. The van der Waals surface area contributed by atoms with E-state index in [9.17, 15) is 0 Å². The van der Waals surface area contributed by atoms with Crippen LogP contribution in [0.5, 0.6) is 0 Å². The van der Waals surface area contributed by atoms with Gasteiger partial charge in [-0.25, -0.2) is 0 Å². The number of para-hydroxylation sites is 1. The van der Waals surface area contributed by atoms with Crippen LogP contribution < -0.4 is 4.90 Å². The molecule has 0 bridgehead atoms. The van der Waals surface area contributed by atoms with Gasteiger partial charge in [0.05, 0.1) is 0 Å². The molecule has 0 saturated carbocycles. The lowest BCUT2D eigenvalue weighted by Crippen LogP contribution is -2.10. The predicted octanol–water partition coefficient (Wildman–Crippen LogP) is 12.3. The van der Waals surface area contributed by atoms with Gasteiger partial charge in [0.1, 0.15) is 22.3 Å². The summed E-state index contributed by atoms with van der Waals surface area (Å²) in [6.07, 6.45) is 3.67. The molecule has 0 fully saturated rings. The molecule has 0 atom stereocenters. The van der Waals surface area contributed by atoms with Crippen LogP contribution in [-0.4, -0.2) is 4.98 Å². The molecule has 0 amide bonds. The van der Waals surface area contributed by atoms with Crippen molar-refractivity contribution in [3.05, 3.63) is 158 Å². The van der Waals surface area contributed by atoms with E-state index in [-0.39, 0.29) is 0 Å². The number of aromatic nitrogens is 1. The Kier molecular flexibility index (Phi) is 5.54. The summed E-state index contributed by atoms with van der Waals surface area (Å²) in [7, 11) is 0. The zero-order valence-corrected chi connectivity index (χ0v) is 25.2. The second kappa shape index (κ2) is 10.1. The normalized spacial score (nSPS) is 11.8. The Morgan fingerprint density at radius 1 is 0.426 bits per heavy atom. The summed E-state index contributed by atoms with van der Waals surface area (Å²) in [4.78, 5) is 6.69. The van der Waals surface area contributed by atoms with Crippen LogP contribution in [0, 0.1) is 0 Å². The minimum atomic E-state index is 0.842. The first kappa shape index (κ1) is 25.9. The summed E-state index contributed by atoms with van der Waals surface area (Å²) in [6, 6.07) is 51.3. The molecule has 0 aliphatic rings. The molecule has 0 spiro atoms. The fraction of sp³-hybridized carbons (Fsp3) is 0. The first-order chi connectivity index (χ1) is 23.3. The Morgan fingerprint density at radius 2 is 1.13 bits per heavy atom. The Balaban J connectivity index is 1.24. The average molecular weight is 603 g/mol. The molecule has 0 saturated heterocycles. The summed E-state index contributed by atoms with van der Waals surface area (Å²) in [6.45, 7) is 0. The van der Waals surface area contributed by atoms with Gasteiger partial charge in [0.2, 0.25) is 0 Å². The molecule has 3 heterocycles. The molecule has 3 aromatic heterocycles. The number of pyridine rings is 1. The van der Waals surface area contributed by atoms with Crippen LogP contribution in [-0.2, 0) is 0 Å². The van der Waals surface area contributed by atoms with Crippen LogP contribution >= 0.6 is 0 Å². The molecule has 7 aromatic carbocycles. The number of benzene rings is 7. The molecule has 0 radical (unpaired) electrons. The Hall–Kier alpha value is -6.39. The highest BCUT2D eigenvalue weighted by atomic mass is 16.3. The van der Waals surface area contributed by atoms with Crippen molar-refractivity contribution < 1.29 is 8.83 Å². The van der Waals surface area contributed by atoms with E-state index in [1.54, 1.807) is 6.20 Å². The highest BCUT2D eigenvalue weighted by Gasteiger charge is 2.19. The molecular weight excluding hydrogens is 576 g/mol. The Labute approximate surface area is 269 Å². The van der Waals surface area contributed by atoms with Crippen molar-refractivity contribution in [2.24, 2.45) is 0 Å². The SMILES string of the molecule is c1ccc(-c2cccc(N(c3ccc4c(c3)oc3ccccc34)c3ccc4ccc5ccc6c7cnccc7oc6c5c4c3)c2)cc1. The van der Waals surface area contributed by atoms with Crippen LogP contribution in [0.4, 0.5) is 17.1 Å². The molecule has 0 aliphatic carbocycles. The van der Waals surface area contributed by atoms with Gasteiger partial charge in [0, 0.05) is 62.5 Å². The summed E-state index contributed by atoms with van der Waals surface area (Å²) in [5.41, 5.74) is 8.91. The number of hydrogen-bond donors (Lipinski definition) is 0. The third kappa shape index (κ3) is 4.05. The summed E-state index contributed by atoms with van der Waals surface area (Å²) < 4.78 is 12.9. The minimum absolute atomic E-state index is 0.842. The van der Waals surface area contributed by atoms with Crippen molar-refractivity contribution in [3.63, 3.8) is 0 Å². The van der Waals surface area contributed by atoms with Gasteiger partial charge in [-0.2, -0.15) is 0 Å². The van der Waals surface area contributed by atoms with Crippen LogP contribution in [0.2, 0.25) is 0 Å². The third-order valence-corrected chi connectivity index (χ3v) is 9.31. The van der Waals surface area contributed by atoms with E-state index in [2.05, 4.69) is 137 Å². The van der Waals surface area contributed by atoms with Crippen LogP contribution in [0.3, 0.4) is 0 Å². The highest BCUT2D eigenvalue weighted by Crippen LogP contribution is 2.43. The summed E-state index contributed by atoms with van der Waals surface area (Å²) in [5, 5.41) is 8.84. The second-order valence-electron chi connectivity index (χ2n) is 12.0. The number of fused-ring (bicyclic) bond motifs is 10. The van der Waals surface area contributed by atoms with Gasteiger partial charge in [-0.15, -0.1) is 0 Å². The first-order valence-electron chi connectivity index (χ1n) is 15.8. The van der Waals surface area contributed by atoms with Crippen LogP contribution in [0.15, 0.2) is 167 Å². The molecule has 0 N–H and O–H groups in total. The van der Waals surface area contributed by atoms with Crippen molar-refractivity contribution >= 4 is 82.5 Å². The lowest BCUT2D eigenvalue weighted by Gasteiger charge is -2.26. The molecule has 47 heavy (non-hydrogen) atoms. The molecule has 4 nitrogen and oxygen atoms in total. The fourth-order valence-electron chi connectivity index (χ4n) is 7.10. The topological polar surface area (TPSA) is 42.4 Å². The van der Waals surface area contributed by atoms with Crippen molar-refractivity contribution in [3.8, 4) is 11.1 Å². The maximum atomic E-state index is 6.52. The minimum Gasteiger partial charge on any atom is -0.456 e. The number of rotatable bonds is 4. The van der Waals surface area contributed by atoms with E-state index in [1.165, 1.54) is 5.56 Å². The number of nitrogens with zero attached hydrogens (tertiary/aromatic N) is 2. The summed E-state index contributed by atoms with van der Waals surface area (Å²) in [5.74, 6) is 0. The number of anilines is 3. The second-order valence-corrected chi connectivity index (χ2v) is 12.0. The number of furan rings is 2. The van der Waals surface area contributed by atoms with Gasteiger partial charge in [-0.3, -0.25) is 4.98 Å². The first-order valence-corrected chi connectivity index (χ1v) is 15.8. The molecule has 220 valence electrons. The van der Waals surface area contributed by atoms with Gasteiger partial charge >= 0.3 is 0 Å². The quantitative estimate of drug-likeness (QED) is 0.188. The van der Waals surface area contributed by atoms with E-state index in [0.29, 0.717) is 0 Å². The van der Waals surface area contributed by atoms with Crippen molar-refractivity contribution in [1.29, 1.82) is 0 Å². The van der Waals surface area contributed by atoms with Gasteiger partial charge < -0.3 is 13.7 Å². The molecule has 10 rings (SSSR count). The monoisotopic (exact) mass is 602 g/mol. The van der Waals surface area contributed by atoms with Crippen LogP contribution in [0.1, 0.15) is 0 Å². The Bertz CT molecular complexity index is 2810. The van der Waals surface area contributed by atoms with E-state index in [1.807, 2.05) is 24.4 Å². The highest BCUT2D eigenvalue weighted by molar-refractivity contribution is 6.23. The zero-order chi connectivity index (χ0) is 30.9. The van der Waals surface area contributed by atoms with Gasteiger partial charge in [0.15, 0.2) is 0 Å². The molecule has 0 aliphatic heterocycles. The smallest absolute Gasteiger partial charge is 0.143 e. The Morgan fingerprint density at radius 3 is 2.09 bits per heavy atom. The van der Waals surface area contributed by atoms with E-state index < -0.39 is 0 Å². The van der Waals surface area contributed by atoms with Gasteiger partial charge in [-0.05, 0) is 81.9 Å². The lowest BCUT2D eigenvalue weighted by molar-refractivity contribution is 0.669. The summed E-state index contributed by atoms with van der Waals surface area (Å²) >= 11 is 0. The van der Waals surface area contributed by atoms with Crippen molar-refractivity contribution in [2.75, 3.05) is 4.90 Å². The van der Waals surface area contributed by atoms with E-state index in [4.69, 9.17) is 8.83 Å². The van der Waals surface area contributed by atoms with Gasteiger partial charge in [-0.1, -0.05) is 84.9 Å². The molecular formula is C43H26N2O2.